The average Bonchev–Trinajstić information content (AvgIpc) is 2.75. The van der Waals surface area contributed by atoms with Crippen LogP contribution in [0.25, 0.3) is 6.08 Å². The van der Waals surface area contributed by atoms with Gasteiger partial charge in [-0.25, -0.2) is 4.79 Å². The summed E-state index contributed by atoms with van der Waals surface area (Å²) in [6.07, 6.45) is 11.5. The monoisotopic (exact) mass is 414 g/mol. The Morgan fingerprint density at radius 3 is 2.84 bits per heavy atom. The predicted octanol–water partition coefficient (Wildman–Crippen LogP) is 4.61. The highest BCUT2D eigenvalue weighted by molar-refractivity contribution is 5.94. The first-order valence-corrected chi connectivity index (χ1v) is 10.4. The molecule has 1 heterocycles. The Balaban J connectivity index is 1.75. The third-order valence-electron chi connectivity index (χ3n) is 6.10. The quantitative estimate of drug-likeness (QED) is 0.451. The number of rotatable bonds is 4. The van der Waals surface area contributed by atoms with Gasteiger partial charge in [-0.15, -0.1) is 0 Å². The summed E-state index contributed by atoms with van der Waals surface area (Å²) in [4.78, 5) is 32.0. The summed E-state index contributed by atoms with van der Waals surface area (Å²) in [5.41, 5.74) is 5.26. The number of carbonyl (C=O) groups is 1. The summed E-state index contributed by atoms with van der Waals surface area (Å²) in [5.74, 6) is -0.140. The van der Waals surface area contributed by atoms with E-state index >= 15 is 0 Å². The van der Waals surface area contributed by atoms with Crippen LogP contribution in [-0.2, 0) is 16.7 Å². The van der Waals surface area contributed by atoms with Gasteiger partial charge in [0.2, 0.25) is 5.56 Å². The minimum absolute atomic E-state index is 0.0834. The second-order valence-corrected chi connectivity index (χ2v) is 8.04. The third kappa shape index (κ3) is 3.72. The van der Waals surface area contributed by atoms with Crippen molar-refractivity contribution in [1.82, 2.24) is 4.98 Å². The lowest BCUT2D eigenvalue weighted by Gasteiger charge is -2.45. The van der Waals surface area contributed by atoms with Crippen molar-refractivity contribution in [3.8, 4) is 0 Å². The Morgan fingerprint density at radius 1 is 1.26 bits per heavy atom. The molecule has 1 aromatic carbocycles. The zero-order valence-electron chi connectivity index (χ0n) is 18.0. The summed E-state index contributed by atoms with van der Waals surface area (Å²) >= 11 is 0. The number of hydrogen-bond donors (Lipinski definition) is 1. The highest BCUT2D eigenvalue weighted by Crippen LogP contribution is 2.51. The molecule has 0 radical (unpaired) electrons. The molecule has 2 bridgehead atoms. The van der Waals surface area contributed by atoms with Crippen LogP contribution in [0.5, 0.6) is 0 Å². The van der Waals surface area contributed by atoms with Gasteiger partial charge in [-0.05, 0) is 49.6 Å². The number of aliphatic imine (C=N–C) groups is 1. The molecule has 4 rings (SSSR count). The minimum atomic E-state index is -0.526. The van der Waals surface area contributed by atoms with E-state index in [-0.39, 0.29) is 17.4 Å². The molecule has 5 nitrogen and oxygen atoms in total. The van der Waals surface area contributed by atoms with Gasteiger partial charge in [-0.2, -0.15) is 0 Å². The molecule has 0 amide bonds. The summed E-state index contributed by atoms with van der Waals surface area (Å²) in [7, 11) is 1.38. The number of pyridine rings is 1. The first-order chi connectivity index (χ1) is 15.0. The molecule has 2 atom stereocenters. The maximum Gasteiger partial charge on any atom is 0.338 e. The zero-order chi connectivity index (χ0) is 22.0. The van der Waals surface area contributed by atoms with Gasteiger partial charge in [0.05, 0.1) is 12.7 Å². The molecule has 2 aliphatic carbocycles. The van der Waals surface area contributed by atoms with Crippen LogP contribution in [0, 0.1) is 5.92 Å². The molecular formula is C26H26N2O3. The molecule has 0 aliphatic heterocycles. The number of ether oxygens (including phenoxy) is 1. The lowest BCUT2D eigenvalue weighted by molar-refractivity contribution is 0.0600. The fourth-order valence-corrected chi connectivity index (χ4v) is 4.91. The second-order valence-electron chi connectivity index (χ2n) is 8.04. The molecule has 0 spiro atoms. The van der Waals surface area contributed by atoms with Crippen LogP contribution < -0.4 is 5.56 Å². The summed E-state index contributed by atoms with van der Waals surface area (Å²) in [6.45, 7) is 4.20. The molecule has 2 aromatic rings. The maximum atomic E-state index is 12.0. The van der Waals surface area contributed by atoms with Crippen molar-refractivity contribution in [2.24, 2.45) is 10.9 Å². The van der Waals surface area contributed by atoms with E-state index in [2.05, 4.69) is 31.0 Å². The van der Waals surface area contributed by atoms with E-state index in [0.717, 1.165) is 29.7 Å². The lowest BCUT2D eigenvalue weighted by atomic mass is 9.63. The van der Waals surface area contributed by atoms with Gasteiger partial charge in [-0.1, -0.05) is 42.0 Å². The Bertz CT molecular complexity index is 1200. The molecular weight excluding hydrogens is 388 g/mol. The summed E-state index contributed by atoms with van der Waals surface area (Å²) < 4.78 is 4.87. The Labute approximate surface area is 181 Å². The molecule has 1 N–H and O–H groups in total. The van der Waals surface area contributed by atoms with Crippen molar-refractivity contribution in [2.45, 2.75) is 32.2 Å². The number of allylic oxidation sites excluding steroid dienone is 3. The minimum Gasteiger partial charge on any atom is -0.465 e. The van der Waals surface area contributed by atoms with E-state index in [9.17, 15) is 9.59 Å². The number of hydrogen-bond acceptors (Lipinski definition) is 4. The van der Waals surface area contributed by atoms with Gasteiger partial charge in [0.25, 0.3) is 0 Å². The van der Waals surface area contributed by atoms with Crippen LogP contribution in [0.3, 0.4) is 0 Å². The van der Waals surface area contributed by atoms with Crippen LogP contribution in [0.1, 0.15) is 47.4 Å². The molecule has 5 heteroatoms. The normalized spacial score (nSPS) is 23.8. The third-order valence-corrected chi connectivity index (χ3v) is 6.10. The van der Waals surface area contributed by atoms with Gasteiger partial charge in [-0.3, -0.25) is 9.79 Å². The Kier molecular flexibility index (Phi) is 5.59. The van der Waals surface area contributed by atoms with E-state index in [1.807, 2.05) is 36.4 Å². The number of H-pyrrole nitrogens is 1. The van der Waals surface area contributed by atoms with Crippen LogP contribution in [0.4, 0.5) is 0 Å². The van der Waals surface area contributed by atoms with E-state index in [1.165, 1.54) is 18.3 Å². The number of nitrogens with one attached hydrogen (secondary N) is 1. The highest BCUT2D eigenvalue weighted by Gasteiger charge is 2.46. The zero-order valence-corrected chi connectivity index (χ0v) is 18.0. The smallest absolute Gasteiger partial charge is 0.338 e. The standard InChI is InChI=1S/C26H26N2O3/c1-4-21-19-14-17(2)16-26(21,22-11-12-24(29)28-23(22)15-19)27-13-7-9-18-8-5-6-10-20(18)25(30)31-3/h4-14,19H,15-16H2,1-3H3,(H,28,29)/b9-7+,21-4+,27-13+. The van der Waals surface area contributed by atoms with E-state index in [0.29, 0.717) is 5.56 Å². The van der Waals surface area contributed by atoms with Gasteiger partial charge >= 0.3 is 5.97 Å². The first kappa shape index (κ1) is 20.8. The number of methoxy groups -OCH3 is 1. The molecule has 31 heavy (non-hydrogen) atoms. The van der Waals surface area contributed by atoms with Crippen LogP contribution in [0.2, 0.25) is 0 Å². The van der Waals surface area contributed by atoms with E-state index < -0.39 is 5.54 Å². The van der Waals surface area contributed by atoms with Crippen LogP contribution in [0.15, 0.2) is 75.6 Å². The van der Waals surface area contributed by atoms with Crippen molar-refractivity contribution in [3.63, 3.8) is 0 Å². The molecule has 2 aliphatic rings. The van der Waals surface area contributed by atoms with Gasteiger partial charge in [0.1, 0.15) is 5.54 Å². The fraction of sp³-hybridized carbons (Fsp3) is 0.269. The SMILES string of the molecule is C/C=C1\C2C=C(C)CC1(/N=C/C=C/c1ccccc1C(=O)OC)c1ccc(=O)[nH]c1C2. The van der Waals surface area contributed by atoms with Crippen molar-refractivity contribution in [3.05, 3.63) is 98.5 Å². The van der Waals surface area contributed by atoms with Crippen molar-refractivity contribution < 1.29 is 9.53 Å². The van der Waals surface area contributed by atoms with E-state index in [4.69, 9.17) is 9.73 Å². The molecule has 0 saturated carbocycles. The Hall–Kier alpha value is -3.47. The largest absolute Gasteiger partial charge is 0.465 e. The molecule has 0 fully saturated rings. The number of aromatic amines is 1. The Morgan fingerprint density at radius 2 is 2.06 bits per heavy atom. The van der Waals surface area contributed by atoms with Crippen LogP contribution >= 0.6 is 0 Å². The number of carbonyl (C=O) groups excluding carboxylic acids is 1. The number of esters is 1. The number of nitrogens with zero attached hydrogens (tertiary/aromatic N) is 1. The number of benzene rings is 1. The average molecular weight is 415 g/mol. The molecule has 1 aromatic heterocycles. The van der Waals surface area contributed by atoms with E-state index in [1.54, 1.807) is 18.3 Å². The van der Waals surface area contributed by atoms with Gasteiger partial charge in [0, 0.05) is 35.9 Å². The topological polar surface area (TPSA) is 71.5 Å². The molecule has 2 unspecified atom stereocenters. The van der Waals surface area contributed by atoms with Crippen molar-refractivity contribution in [2.75, 3.05) is 7.11 Å². The second kappa shape index (κ2) is 8.34. The molecule has 0 saturated heterocycles. The highest BCUT2D eigenvalue weighted by atomic mass is 16.5. The predicted molar refractivity (Wildman–Crippen MR) is 123 cm³/mol. The number of aromatic nitrogens is 1. The van der Waals surface area contributed by atoms with Crippen LogP contribution in [-0.4, -0.2) is 24.3 Å². The van der Waals surface area contributed by atoms with Crippen molar-refractivity contribution in [1.29, 1.82) is 0 Å². The number of fused-ring (bicyclic) bond motifs is 4. The summed E-state index contributed by atoms with van der Waals surface area (Å²) in [6, 6.07) is 10.8. The van der Waals surface area contributed by atoms with Gasteiger partial charge < -0.3 is 9.72 Å². The first-order valence-electron chi connectivity index (χ1n) is 10.4. The van der Waals surface area contributed by atoms with Crippen molar-refractivity contribution >= 4 is 18.3 Å². The molecule has 158 valence electrons. The summed E-state index contributed by atoms with van der Waals surface area (Å²) in [5, 5.41) is 0. The maximum absolute atomic E-state index is 12.0. The lowest BCUT2D eigenvalue weighted by Crippen LogP contribution is -2.40. The fourth-order valence-electron chi connectivity index (χ4n) is 4.91. The van der Waals surface area contributed by atoms with Gasteiger partial charge in [0.15, 0.2) is 0 Å².